The van der Waals surface area contributed by atoms with Crippen molar-refractivity contribution >= 4 is 49.7 Å². The minimum atomic E-state index is 0.684. The van der Waals surface area contributed by atoms with Gasteiger partial charge in [-0.1, -0.05) is 0 Å². The summed E-state index contributed by atoms with van der Waals surface area (Å²) in [6, 6.07) is 2.36. The molecular weight excluding hydrogens is 384 g/mol. The van der Waals surface area contributed by atoms with Crippen LogP contribution in [0.3, 0.4) is 0 Å². The number of aryl methyl sites for hydroxylation is 2. The monoisotopic (exact) mass is 395 g/mol. The first-order valence-electron chi connectivity index (χ1n) is 4.86. The molecule has 0 aliphatic heterocycles. The normalized spacial score (nSPS) is 10.8. The molecular formula is C11H10BrNSe2. The van der Waals surface area contributed by atoms with Crippen molar-refractivity contribution in [3.05, 3.63) is 21.2 Å². The Kier molecular flexibility index (Phi) is 3.60. The Labute approximate surface area is 108 Å². The first-order valence-corrected chi connectivity index (χ1v) is 11.7. The second-order valence-electron chi connectivity index (χ2n) is 3.29. The molecule has 4 heteroatoms. The molecule has 1 aromatic heterocycles. The van der Waals surface area contributed by atoms with Crippen molar-refractivity contribution in [2.75, 3.05) is 0 Å². The summed E-state index contributed by atoms with van der Waals surface area (Å²) in [7, 11) is 0. The van der Waals surface area contributed by atoms with Crippen molar-refractivity contribution in [1.29, 1.82) is 5.26 Å². The molecule has 0 atom stereocenters. The minimum absolute atomic E-state index is 0.684. The fraction of sp³-hybridized carbons (Fsp3) is 0.364. The number of nitrogens with zero attached hydrogens (tertiary/aromatic N) is 1. The van der Waals surface area contributed by atoms with Crippen LogP contribution >= 0.6 is 15.9 Å². The molecule has 78 valence electrons. The Morgan fingerprint density at radius 3 is 2.07 bits per heavy atom. The standard InChI is InChI=1S/C11H10BrNSe2/c1-3-6-8(5-13)9(12)7(4-2)11-10(6)14-15-11/h3-4H2,1-2H3. The summed E-state index contributed by atoms with van der Waals surface area (Å²) in [5.74, 6) is 0. The first-order chi connectivity index (χ1) is 7.24. The van der Waals surface area contributed by atoms with Gasteiger partial charge in [0.2, 0.25) is 0 Å². The molecule has 0 fully saturated rings. The Balaban J connectivity index is 2.85. The van der Waals surface area contributed by atoms with Crippen molar-refractivity contribution in [1.82, 2.24) is 0 Å². The molecule has 0 bridgehead atoms. The molecule has 2 rings (SSSR count). The summed E-state index contributed by atoms with van der Waals surface area (Å²) in [5.41, 5.74) is 3.60. The van der Waals surface area contributed by atoms with E-state index in [0.717, 1.165) is 22.9 Å². The van der Waals surface area contributed by atoms with Crippen LogP contribution in [-0.4, -0.2) is 25.3 Å². The second-order valence-corrected chi connectivity index (χ2v) is 10.1. The van der Waals surface area contributed by atoms with E-state index in [-0.39, 0.29) is 0 Å². The van der Waals surface area contributed by atoms with E-state index in [9.17, 15) is 5.26 Å². The number of hydrogen-bond acceptors (Lipinski definition) is 1. The molecule has 0 radical (unpaired) electrons. The van der Waals surface area contributed by atoms with Crippen LogP contribution in [0.25, 0.3) is 8.52 Å². The summed E-state index contributed by atoms with van der Waals surface area (Å²) in [6.45, 7) is 4.32. The molecule has 2 aromatic rings. The number of nitriles is 1. The van der Waals surface area contributed by atoms with Gasteiger partial charge in [0.05, 0.1) is 0 Å². The zero-order valence-corrected chi connectivity index (χ0v) is 13.6. The Morgan fingerprint density at radius 2 is 1.67 bits per heavy atom. The molecule has 0 saturated carbocycles. The van der Waals surface area contributed by atoms with Gasteiger partial charge in [-0.3, -0.25) is 0 Å². The van der Waals surface area contributed by atoms with Crippen LogP contribution in [0.15, 0.2) is 4.47 Å². The van der Waals surface area contributed by atoms with Gasteiger partial charge in [0.1, 0.15) is 0 Å². The number of fused-ring (bicyclic) bond motifs is 1. The van der Waals surface area contributed by atoms with E-state index in [2.05, 4.69) is 35.8 Å². The van der Waals surface area contributed by atoms with E-state index < -0.39 is 0 Å². The van der Waals surface area contributed by atoms with Crippen molar-refractivity contribution < 1.29 is 0 Å². The quantitative estimate of drug-likeness (QED) is 0.719. The molecule has 1 aromatic carbocycles. The molecule has 0 N–H and O–H groups in total. The molecule has 15 heavy (non-hydrogen) atoms. The predicted octanol–water partition coefficient (Wildman–Crippen LogP) is 2.71. The van der Waals surface area contributed by atoms with Crippen LogP contribution in [-0.2, 0) is 12.8 Å². The van der Waals surface area contributed by atoms with Gasteiger partial charge in [-0.25, -0.2) is 0 Å². The van der Waals surface area contributed by atoms with Crippen LogP contribution in [0, 0.1) is 11.3 Å². The third kappa shape index (κ3) is 1.71. The average molecular weight is 394 g/mol. The van der Waals surface area contributed by atoms with Gasteiger partial charge < -0.3 is 0 Å². The fourth-order valence-electron chi connectivity index (χ4n) is 1.77. The van der Waals surface area contributed by atoms with E-state index in [1.54, 1.807) is 8.52 Å². The van der Waals surface area contributed by atoms with Gasteiger partial charge in [0.15, 0.2) is 0 Å². The summed E-state index contributed by atoms with van der Waals surface area (Å²) in [6.07, 6.45) is 2.03. The Morgan fingerprint density at radius 1 is 1.13 bits per heavy atom. The zero-order valence-electron chi connectivity index (χ0n) is 8.56. The Bertz CT molecular complexity index is 545. The summed E-state index contributed by atoms with van der Waals surface area (Å²) < 4.78 is 4.20. The predicted molar refractivity (Wildman–Crippen MR) is 69.0 cm³/mol. The third-order valence-electron chi connectivity index (χ3n) is 2.57. The molecule has 0 saturated heterocycles. The molecule has 0 amide bonds. The number of hydrogen-bond donors (Lipinski definition) is 0. The summed E-state index contributed by atoms with van der Waals surface area (Å²) in [4.78, 5) is 0. The van der Waals surface area contributed by atoms with E-state index in [1.807, 2.05) is 0 Å². The number of halogens is 1. The van der Waals surface area contributed by atoms with Crippen molar-refractivity contribution in [3.8, 4) is 6.07 Å². The zero-order chi connectivity index (χ0) is 11.0. The first kappa shape index (κ1) is 11.7. The van der Waals surface area contributed by atoms with E-state index >= 15 is 0 Å². The van der Waals surface area contributed by atoms with Crippen molar-refractivity contribution in [2.45, 2.75) is 26.7 Å². The van der Waals surface area contributed by atoms with Crippen LogP contribution in [0.1, 0.15) is 30.5 Å². The van der Waals surface area contributed by atoms with Crippen LogP contribution in [0.4, 0.5) is 0 Å². The summed E-state index contributed by atoms with van der Waals surface area (Å²) in [5, 5.41) is 9.22. The van der Waals surface area contributed by atoms with E-state index in [1.165, 1.54) is 11.1 Å². The second kappa shape index (κ2) is 4.61. The molecule has 1 nitrogen and oxygen atoms in total. The topological polar surface area (TPSA) is 23.8 Å². The van der Waals surface area contributed by atoms with Crippen molar-refractivity contribution in [2.24, 2.45) is 0 Å². The van der Waals surface area contributed by atoms with Gasteiger partial charge in [-0.2, -0.15) is 0 Å². The average Bonchev–Trinajstić information content (AvgIpc) is 2.21. The van der Waals surface area contributed by atoms with Gasteiger partial charge in [-0.15, -0.1) is 0 Å². The van der Waals surface area contributed by atoms with Gasteiger partial charge >= 0.3 is 109 Å². The van der Waals surface area contributed by atoms with Gasteiger partial charge in [0.25, 0.3) is 0 Å². The molecule has 0 aliphatic rings. The maximum absolute atomic E-state index is 9.22. The van der Waals surface area contributed by atoms with Crippen LogP contribution in [0.5, 0.6) is 0 Å². The maximum atomic E-state index is 9.22. The van der Waals surface area contributed by atoms with Crippen LogP contribution < -0.4 is 0 Å². The summed E-state index contributed by atoms with van der Waals surface area (Å²) >= 11 is 5.01. The number of benzene rings is 1. The molecule has 1 heterocycles. The van der Waals surface area contributed by atoms with Crippen molar-refractivity contribution in [3.63, 3.8) is 0 Å². The Hall–Kier alpha value is 0.229. The molecule has 0 unspecified atom stereocenters. The van der Waals surface area contributed by atoms with E-state index in [0.29, 0.717) is 25.3 Å². The molecule has 0 aliphatic carbocycles. The fourth-order valence-corrected chi connectivity index (χ4v) is 10.3. The van der Waals surface area contributed by atoms with Gasteiger partial charge in [0, 0.05) is 0 Å². The van der Waals surface area contributed by atoms with Crippen LogP contribution in [0.2, 0.25) is 0 Å². The number of rotatable bonds is 2. The molecule has 0 spiro atoms. The van der Waals surface area contributed by atoms with Gasteiger partial charge in [-0.05, 0) is 0 Å². The SMILES string of the molecule is CCc1c(Br)c(C#N)c(CC)c2[se][se]c12. The van der Waals surface area contributed by atoms with E-state index in [4.69, 9.17) is 0 Å². The third-order valence-corrected chi connectivity index (χ3v) is 11.4.